The molecule has 2 N–H and O–H groups in total. The second kappa shape index (κ2) is 8.77. The summed E-state index contributed by atoms with van der Waals surface area (Å²) in [6, 6.07) is 17.8. The van der Waals surface area contributed by atoms with Crippen LogP contribution in [-0.4, -0.2) is 29.0 Å². The fourth-order valence-electron chi connectivity index (χ4n) is 2.52. The number of ketones is 1. The number of Topliss-reactive ketones (excluding diaryl/α,β-unsaturated/α-hetero) is 1. The Morgan fingerprint density at radius 2 is 1.54 bits per heavy atom. The predicted molar refractivity (Wildman–Crippen MR) is 107 cm³/mol. The Morgan fingerprint density at radius 3 is 2.11 bits per heavy atom. The van der Waals surface area contributed by atoms with Crippen molar-refractivity contribution < 1.29 is 14.3 Å². The highest BCUT2D eigenvalue weighted by molar-refractivity contribution is 5.94. The minimum absolute atomic E-state index is 0.0149. The van der Waals surface area contributed by atoms with Crippen LogP contribution in [0.25, 0.3) is 0 Å². The monoisotopic (exact) mass is 376 g/mol. The molecule has 1 heterocycles. The van der Waals surface area contributed by atoms with E-state index >= 15 is 0 Å². The molecule has 3 rings (SSSR count). The fraction of sp³-hybridized carbons (Fsp3) is 0.143. The third-order valence-corrected chi connectivity index (χ3v) is 4.02. The van der Waals surface area contributed by atoms with Crippen molar-refractivity contribution in [1.82, 2.24) is 10.2 Å². The number of methoxy groups -OCH3 is 1. The maximum atomic E-state index is 12.1. The number of aromatic nitrogens is 2. The van der Waals surface area contributed by atoms with Gasteiger partial charge in [-0.15, -0.1) is 10.2 Å². The van der Waals surface area contributed by atoms with Gasteiger partial charge in [-0.05, 0) is 61.0 Å². The van der Waals surface area contributed by atoms with Crippen molar-refractivity contribution in [2.75, 3.05) is 17.7 Å². The third kappa shape index (κ3) is 5.14. The Balaban J connectivity index is 1.55. The summed E-state index contributed by atoms with van der Waals surface area (Å²) in [5.41, 5.74) is 2.31. The largest absolute Gasteiger partial charge is 0.497 e. The number of nitrogens with one attached hydrogen (secondary N) is 2. The average Bonchev–Trinajstić information content (AvgIpc) is 2.70. The summed E-state index contributed by atoms with van der Waals surface area (Å²) in [5, 5.41) is 13.9. The number of carbonyl (C=O) groups excluding carboxylic acids is 2. The molecule has 142 valence electrons. The number of hydrogen-bond donors (Lipinski definition) is 2. The van der Waals surface area contributed by atoms with Gasteiger partial charge >= 0.3 is 0 Å². The molecule has 0 saturated heterocycles. The summed E-state index contributed by atoms with van der Waals surface area (Å²) in [7, 11) is 1.60. The molecule has 0 saturated carbocycles. The van der Waals surface area contributed by atoms with Gasteiger partial charge in [0, 0.05) is 11.3 Å². The molecule has 0 radical (unpaired) electrons. The molecular formula is C21H20N4O3. The molecule has 0 atom stereocenters. The van der Waals surface area contributed by atoms with E-state index in [1.165, 1.54) is 6.92 Å². The Morgan fingerprint density at radius 1 is 0.893 bits per heavy atom. The molecule has 0 aliphatic heterocycles. The second-order valence-electron chi connectivity index (χ2n) is 6.14. The van der Waals surface area contributed by atoms with Gasteiger partial charge in [-0.3, -0.25) is 9.59 Å². The SMILES string of the molecule is COc1ccc(CC(=O)Nc2ccc(Nc3ccc(C(C)=O)cc3)nn2)cc1. The lowest BCUT2D eigenvalue weighted by Crippen LogP contribution is -2.15. The van der Waals surface area contributed by atoms with Crippen LogP contribution in [0, 0.1) is 0 Å². The molecule has 0 fully saturated rings. The number of amides is 1. The first-order valence-corrected chi connectivity index (χ1v) is 8.68. The van der Waals surface area contributed by atoms with Crippen LogP contribution in [0.1, 0.15) is 22.8 Å². The van der Waals surface area contributed by atoms with Gasteiger partial charge in [-0.25, -0.2) is 0 Å². The van der Waals surface area contributed by atoms with Crippen molar-refractivity contribution >= 4 is 29.0 Å². The van der Waals surface area contributed by atoms with Gasteiger partial charge < -0.3 is 15.4 Å². The minimum Gasteiger partial charge on any atom is -0.497 e. The minimum atomic E-state index is -0.181. The van der Waals surface area contributed by atoms with Gasteiger partial charge in [0.2, 0.25) is 5.91 Å². The number of hydrogen-bond acceptors (Lipinski definition) is 6. The normalized spacial score (nSPS) is 10.2. The zero-order valence-corrected chi connectivity index (χ0v) is 15.6. The fourth-order valence-corrected chi connectivity index (χ4v) is 2.52. The van der Waals surface area contributed by atoms with Gasteiger partial charge in [0.25, 0.3) is 0 Å². The number of benzene rings is 2. The Labute approximate surface area is 162 Å². The summed E-state index contributed by atoms with van der Waals surface area (Å²) < 4.78 is 5.10. The third-order valence-electron chi connectivity index (χ3n) is 4.02. The van der Waals surface area contributed by atoms with Crippen molar-refractivity contribution in [1.29, 1.82) is 0 Å². The van der Waals surface area contributed by atoms with E-state index in [0.29, 0.717) is 17.2 Å². The Bertz CT molecular complexity index is 952. The number of anilines is 3. The lowest BCUT2D eigenvalue weighted by Gasteiger charge is -2.07. The first kappa shape index (κ1) is 19.0. The molecule has 2 aromatic carbocycles. The van der Waals surface area contributed by atoms with E-state index in [0.717, 1.165) is 17.0 Å². The first-order valence-electron chi connectivity index (χ1n) is 8.68. The Hall–Kier alpha value is -3.74. The maximum absolute atomic E-state index is 12.1. The first-order chi connectivity index (χ1) is 13.5. The van der Waals surface area contributed by atoms with Crippen molar-refractivity contribution in [3.05, 3.63) is 71.8 Å². The molecule has 1 amide bonds. The van der Waals surface area contributed by atoms with Gasteiger partial charge in [0.15, 0.2) is 17.4 Å². The quantitative estimate of drug-likeness (QED) is 0.612. The van der Waals surface area contributed by atoms with Gasteiger partial charge in [0.05, 0.1) is 13.5 Å². The van der Waals surface area contributed by atoms with Crippen LogP contribution in [-0.2, 0) is 11.2 Å². The van der Waals surface area contributed by atoms with Crippen molar-refractivity contribution in [2.45, 2.75) is 13.3 Å². The van der Waals surface area contributed by atoms with Crippen LogP contribution in [0.15, 0.2) is 60.7 Å². The van der Waals surface area contributed by atoms with E-state index in [2.05, 4.69) is 20.8 Å². The standard InChI is InChI=1S/C21H20N4O3/c1-14(26)16-5-7-17(8-6-16)22-19-11-12-20(25-24-19)23-21(27)13-15-3-9-18(28-2)10-4-15/h3-12H,13H2,1-2H3,(H,22,24)(H,23,25,27). The number of rotatable bonds is 7. The molecule has 0 bridgehead atoms. The van der Waals surface area contributed by atoms with Crippen LogP contribution >= 0.6 is 0 Å². The van der Waals surface area contributed by atoms with E-state index in [1.54, 1.807) is 43.5 Å². The highest BCUT2D eigenvalue weighted by atomic mass is 16.5. The number of nitrogens with zero attached hydrogens (tertiary/aromatic N) is 2. The molecular weight excluding hydrogens is 356 g/mol. The van der Waals surface area contributed by atoms with E-state index in [9.17, 15) is 9.59 Å². The molecule has 3 aromatic rings. The molecule has 0 aliphatic carbocycles. The topological polar surface area (TPSA) is 93.2 Å². The molecule has 0 aliphatic rings. The predicted octanol–water partition coefficient (Wildman–Crippen LogP) is 3.61. The van der Waals surface area contributed by atoms with Crippen molar-refractivity contribution in [3.63, 3.8) is 0 Å². The lowest BCUT2D eigenvalue weighted by molar-refractivity contribution is -0.115. The summed E-state index contributed by atoms with van der Waals surface area (Å²) in [4.78, 5) is 23.4. The van der Waals surface area contributed by atoms with Crippen LogP contribution in [0.5, 0.6) is 5.75 Å². The second-order valence-corrected chi connectivity index (χ2v) is 6.14. The van der Waals surface area contributed by atoms with Crippen molar-refractivity contribution in [2.24, 2.45) is 0 Å². The van der Waals surface area contributed by atoms with Gasteiger partial charge in [-0.2, -0.15) is 0 Å². The lowest BCUT2D eigenvalue weighted by atomic mass is 10.1. The van der Waals surface area contributed by atoms with Crippen LogP contribution in [0.3, 0.4) is 0 Å². The smallest absolute Gasteiger partial charge is 0.229 e. The van der Waals surface area contributed by atoms with Crippen LogP contribution < -0.4 is 15.4 Å². The van der Waals surface area contributed by atoms with Gasteiger partial charge in [-0.1, -0.05) is 12.1 Å². The van der Waals surface area contributed by atoms with Crippen molar-refractivity contribution in [3.8, 4) is 5.75 Å². The summed E-state index contributed by atoms with van der Waals surface area (Å²) >= 11 is 0. The van der Waals surface area contributed by atoms with E-state index < -0.39 is 0 Å². The van der Waals surface area contributed by atoms with Gasteiger partial charge in [0.1, 0.15) is 5.75 Å². The summed E-state index contributed by atoms with van der Waals surface area (Å²) in [6.45, 7) is 1.52. The average molecular weight is 376 g/mol. The molecule has 1 aromatic heterocycles. The molecule has 0 unspecified atom stereocenters. The van der Waals surface area contributed by atoms with E-state index in [4.69, 9.17) is 4.74 Å². The molecule has 0 spiro atoms. The van der Waals surface area contributed by atoms with Crippen LogP contribution in [0.2, 0.25) is 0 Å². The van der Waals surface area contributed by atoms with E-state index in [1.807, 2.05) is 24.3 Å². The molecule has 28 heavy (non-hydrogen) atoms. The van der Waals surface area contributed by atoms with E-state index in [-0.39, 0.29) is 18.1 Å². The molecule has 7 nitrogen and oxygen atoms in total. The maximum Gasteiger partial charge on any atom is 0.229 e. The zero-order chi connectivity index (χ0) is 19.9. The summed E-state index contributed by atoms with van der Waals surface area (Å²) in [6.07, 6.45) is 0.230. The highest BCUT2D eigenvalue weighted by Crippen LogP contribution is 2.16. The number of carbonyl (C=O) groups is 2. The number of ether oxygens (including phenoxy) is 1. The van der Waals surface area contributed by atoms with Crippen LogP contribution in [0.4, 0.5) is 17.3 Å². The Kier molecular flexibility index (Phi) is 5.96. The highest BCUT2D eigenvalue weighted by Gasteiger charge is 2.07. The zero-order valence-electron chi connectivity index (χ0n) is 15.6. The molecule has 7 heteroatoms. The summed E-state index contributed by atoms with van der Waals surface area (Å²) in [5.74, 6) is 1.48.